The van der Waals surface area contributed by atoms with Crippen LogP contribution in [0.3, 0.4) is 0 Å². The quantitative estimate of drug-likeness (QED) is 0.809. The Morgan fingerprint density at radius 3 is 2.53 bits per heavy atom. The molecule has 3 nitrogen and oxygen atoms in total. The number of aromatic nitrogens is 1. The summed E-state index contributed by atoms with van der Waals surface area (Å²) in [5.74, 6) is 0.342. The number of pyridine rings is 1. The molecule has 1 N–H and O–H groups in total. The van der Waals surface area contributed by atoms with Crippen LogP contribution in [0.25, 0.3) is 0 Å². The molecule has 0 amide bonds. The normalized spacial score (nSPS) is 11.7. The number of halogens is 3. The molecule has 1 rings (SSSR count). The van der Waals surface area contributed by atoms with Crippen LogP contribution in [0.4, 0.5) is 19.0 Å². The first-order valence-corrected chi connectivity index (χ1v) is 6.28. The fourth-order valence-corrected chi connectivity index (χ4v) is 1.73. The van der Waals surface area contributed by atoms with E-state index in [1.54, 1.807) is 6.07 Å². The lowest BCUT2D eigenvalue weighted by Gasteiger charge is -2.20. The Kier molecular flexibility index (Phi) is 5.60. The van der Waals surface area contributed by atoms with Crippen molar-refractivity contribution < 1.29 is 13.2 Å². The van der Waals surface area contributed by atoms with Crippen LogP contribution in [0.5, 0.6) is 0 Å². The Bertz CT molecular complexity index is 405. The van der Waals surface area contributed by atoms with Crippen LogP contribution in [0.1, 0.15) is 24.6 Å². The zero-order chi connectivity index (χ0) is 14.5. The molecule has 1 heterocycles. The van der Waals surface area contributed by atoms with E-state index in [2.05, 4.69) is 17.2 Å². The van der Waals surface area contributed by atoms with Crippen molar-refractivity contribution in [3.8, 4) is 0 Å². The third-order valence-corrected chi connectivity index (χ3v) is 2.73. The molecule has 1 aromatic heterocycles. The van der Waals surface area contributed by atoms with Crippen molar-refractivity contribution in [1.82, 2.24) is 10.3 Å². The second kappa shape index (κ2) is 6.75. The molecule has 108 valence electrons. The molecule has 19 heavy (non-hydrogen) atoms. The van der Waals surface area contributed by atoms with Crippen LogP contribution in [0, 0.1) is 6.92 Å². The van der Waals surface area contributed by atoms with E-state index in [1.807, 2.05) is 13.0 Å². The minimum absolute atomic E-state index is 0.342. The van der Waals surface area contributed by atoms with Gasteiger partial charge in [-0.05, 0) is 31.5 Å². The van der Waals surface area contributed by atoms with Gasteiger partial charge in [-0.2, -0.15) is 13.2 Å². The van der Waals surface area contributed by atoms with E-state index in [-0.39, 0.29) is 0 Å². The van der Waals surface area contributed by atoms with Gasteiger partial charge in [-0.1, -0.05) is 13.0 Å². The number of rotatable bonds is 6. The van der Waals surface area contributed by atoms with E-state index in [4.69, 9.17) is 0 Å². The van der Waals surface area contributed by atoms with Crippen molar-refractivity contribution in [1.29, 1.82) is 0 Å². The number of alkyl halides is 3. The lowest BCUT2D eigenvalue weighted by Crippen LogP contribution is -2.31. The number of hydrogen-bond donors (Lipinski definition) is 1. The van der Waals surface area contributed by atoms with Crippen LogP contribution in [-0.2, 0) is 6.54 Å². The molecule has 6 heteroatoms. The summed E-state index contributed by atoms with van der Waals surface area (Å²) < 4.78 is 36.9. The van der Waals surface area contributed by atoms with Gasteiger partial charge in [-0.3, -0.25) is 0 Å². The van der Waals surface area contributed by atoms with Gasteiger partial charge in [0.25, 0.3) is 0 Å². The molecule has 0 aromatic carbocycles. The number of aryl methyl sites for hydroxylation is 1. The van der Waals surface area contributed by atoms with Gasteiger partial charge in [-0.25, -0.2) is 4.98 Å². The van der Waals surface area contributed by atoms with Gasteiger partial charge >= 0.3 is 6.18 Å². The molecule has 0 bridgehead atoms. The molecule has 0 fully saturated rings. The molecule has 0 radical (unpaired) electrons. The molecule has 0 aliphatic carbocycles. The van der Waals surface area contributed by atoms with Gasteiger partial charge < -0.3 is 10.2 Å². The first kappa shape index (κ1) is 15.8. The van der Waals surface area contributed by atoms with Crippen molar-refractivity contribution in [3.05, 3.63) is 23.4 Å². The Hall–Kier alpha value is -1.30. The molecular weight excluding hydrogens is 255 g/mol. The molecule has 0 aliphatic heterocycles. The molecule has 0 spiro atoms. The zero-order valence-corrected chi connectivity index (χ0v) is 11.5. The average Bonchev–Trinajstić information content (AvgIpc) is 2.29. The third kappa shape index (κ3) is 5.46. The number of nitrogens with one attached hydrogen (secondary N) is 1. The summed E-state index contributed by atoms with van der Waals surface area (Å²) in [6, 6.07) is 3.45. The van der Waals surface area contributed by atoms with Gasteiger partial charge in [0.1, 0.15) is 12.4 Å². The van der Waals surface area contributed by atoms with E-state index in [9.17, 15) is 13.2 Å². The average molecular weight is 275 g/mol. The summed E-state index contributed by atoms with van der Waals surface area (Å²) in [4.78, 5) is 5.33. The largest absolute Gasteiger partial charge is 0.405 e. The van der Waals surface area contributed by atoms with E-state index in [0.717, 1.165) is 29.1 Å². The molecular formula is C13H20F3N3. The summed E-state index contributed by atoms with van der Waals surface area (Å²) in [6.07, 6.45) is -3.18. The molecule has 0 aliphatic rings. The first-order valence-electron chi connectivity index (χ1n) is 6.28. The van der Waals surface area contributed by atoms with Gasteiger partial charge in [0.2, 0.25) is 0 Å². The van der Waals surface area contributed by atoms with Crippen molar-refractivity contribution in [2.45, 2.75) is 33.0 Å². The number of hydrogen-bond acceptors (Lipinski definition) is 3. The lowest BCUT2D eigenvalue weighted by atomic mass is 10.2. The highest BCUT2D eigenvalue weighted by molar-refractivity contribution is 5.41. The van der Waals surface area contributed by atoms with Gasteiger partial charge in [0, 0.05) is 19.3 Å². The summed E-state index contributed by atoms with van der Waals surface area (Å²) in [7, 11) is 1.39. The summed E-state index contributed by atoms with van der Waals surface area (Å²) in [6.45, 7) is 4.50. The maximum absolute atomic E-state index is 12.3. The molecule has 0 saturated carbocycles. The summed E-state index contributed by atoms with van der Waals surface area (Å²) in [5.41, 5.74) is 1.77. The maximum Gasteiger partial charge on any atom is 0.405 e. The highest BCUT2D eigenvalue weighted by atomic mass is 19.4. The van der Waals surface area contributed by atoms with E-state index in [0.29, 0.717) is 12.4 Å². The molecule has 0 unspecified atom stereocenters. The summed E-state index contributed by atoms with van der Waals surface area (Å²) in [5, 5.41) is 3.25. The Morgan fingerprint density at radius 1 is 1.32 bits per heavy atom. The number of nitrogens with zero attached hydrogens (tertiary/aromatic N) is 2. The van der Waals surface area contributed by atoms with Crippen molar-refractivity contribution in [3.63, 3.8) is 0 Å². The Labute approximate surface area is 111 Å². The predicted molar refractivity (Wildman–Crippen MR) is 70.3 cm³/mol. The van der Waals surface area contributed by atoms with E-state index < -0.39 is 12.7 Å². The fourth-order valence-electron chi connectivity index (χ4n) is 1.73. The topological polar surface area (TPSA) is 28.2 Å². The highest BCUT2D eigenvalue weighted by Crippen LogP contribution is 2.20. The molecule has 1 aromatic rings. The fraction of sp³-hybridized carbons (Fsp3) is 0.615. The van der Waals surface area contributed by atoms with Crippen LogP contribution in [-0.4, -0.2) is 31.3 Å². The minimum atomic E-state index is -4.22. The minimum Gasteiger partial charge on any atom is -0.351 e. The monoisotopic (exact) mass is 275 g/mol. The van der Waals surface area contributed by atoms with Crippen molar-refractivity contribution >= 4 is 5.82 Å². The van der Waals surface area contributed by atoms with Crippen LogP contribution < -0.4 is 10.2 Å². The maximum atomic E-state index is 12.3. The van der Waals surface area contributed by atoms with Crippen molar-refractivity contribution in [2.24, 2.45) is 0 Å². The van der Waals surface area contributed by atoms with E-state index >= 15 is 0 Å². The SMILES string of the molecule is CCCNCc1ccc(N(C)CC(F)(F)F)nc1C. The zero-order valence-electron chi connectivity index (χ0n) is 11.5. The molecule has 0 saturated heterocycles. The Morgan fingerprint density at radius 2 is 2.00 bits per heavy atom. The third-order valence-electron chi connectivity index (χ3n) is 2.73. The lowest BCUT2D eigenvalue weighted by molar-refractivity contribution is -0.119. The smallest absolute Gasteiger partial charge is 0.351 e. The van der Waals surface area contributed by atoms with Crippen LogP contribution >= 0.6 is 0 Å². The van der Waals surface area contributed by atoms with Crippen LogP contribution in [0.2, 0.25) is 0 Å². The van der Waals surface area contributed by atoms with E-state index in [1.165, 1.54) is 7.05 Å². The number of anilines is 1. The van der Waals surface area contributed by atoms with Crippen LogP contribution in [0.15, 0.2) is 12.1 Å². The predicted octanol–water partition coefficient (Wildman–Crippen LogP) is 2.89. The highest BCUT2D eigenvalue weighted by Gasteiger charge is 2.29. The van der Waals surface area contributed by atoms with Gasteiger partial charge in [0.05, 0.1) is 0 Å². The standard InChI is InChI=1S/C13H20F3N3/c1-4-7-17-8-11-5-6-12(18-10(11)2)19(3)9-13(14,15)16/h5-6,17H,4,7-9H2,1-3H3. The van der Waals surface area contributed by atoms with Gasteiger partial charge in [-0.15, -0.1) is 0 Å². The second-order valence-corrected chi connectivity index (χ2v) is 4.56. The summed E-state index contributed by atoms with van der Waals surface area (Å²) >= 11 is 0. The first-order chi connectivity index (χ1) is 8.83. The second-order valence-electron chi connectivity index (χ2n) is 4.56. The van der Waals surface area contributed by atoms with Crippen molar-refractivity contribution in [2.75, 3.05) is 25.0 Å². The molecule has 0 atom stereocenters. The van der Waals surface area contributed by atoms with Gasteiger partial charge in [0.15, 0.2) is 0 Å². The Balaban J connectivity index is 2.70.